The summed E-state index contributed by atoms with van der Waals surface area (Å²) in [6.07, 6.45) is 0. The van der Waals surface area contributed by atoms with E-state index in [1.54, 1.807) is 0 Å². The lowest BCUT2D eigenvalue weighted by Gasteiger charge is -2.18. The Morgan fingerprint density at radius 2 is 1.61 bits per heavy atom. The van der Waals surface area contributed by atoms with Crippen molar-refractivity contribution >= 4 is 11.6 Å². The number of hydrogen-bond donors (Lipinski definition) is 1. The zero-order chi connectivity index (χ0) is 13.1. The molecule has 1 aromatic carbocycles. The van der Waals surface area contributed by atoms with E-state index in [4.69, 9.17) is 5.73 Å². The molecule has 0 aliphatic rings. The third-order valence-electron chi connectivity index (χ3n) is 2.83. The molecule has 0 unspecified atom stereocenters. The van der Waals surface area contributed by atoms with Crippen LogP contribution in [0.25, 0.3) is 0 Å². The monoisotopic (exact) mass is 242 g/mol. The van der Waals surface area contributed by atoms with Gasteiger partial charge in [-0.2, -0.15) is 0 Å². The van der Waals surface area contributed by atoms with Gasteiger partial charge in [-0.05, 0) is 37.6 Å². The smallest absolute Gasteiger partial charge is 0.230 e. The van der Waals surface area contributed by atoms with Gasteiger partial charge in [0.05, 0.1) is 0 Å². The first-order valence-electron chi connectivity index (χ1n) is 5.95. The average molecular weight is 242 g/mol. The van der Waals surface area contributed by atoms with Gasteiger partial charge in [0.2, 0.25) is 5.95 Å². The van der Waals surface area contributed by atoms with Gasteiger partial charge in [-0.25, -0.2) is 9.97 Å². The summed E-state index contributed by atoms with van der Waals surface area (Å²) in [6, 6.07) is 10.1. The number of anilines is 2. The predicted molar refractivity (Wildman–Crippen MR) is 73.9 cm³/mol. The highest BCUT2D eigenvalue weighted by Gasteiger charge is 2.07. The molecule has 0 saturated carbocycles. The highest BCUT2D eigenvalue weighted by molar-refractivity contribution is 5.56. The lowest BCUT2D eigenvalue weighted by Crippen LogP contribution is -2.14. The first-order valence-corrected chi connectivity index (χ1v) is 5.95. The van der Waals surface area contributed by atoms with Crippen LogP contribution < -0.4 is 10.6 Å². The Labute approximate surface area is 107 Å². The van der Waals surface area contributed by atoms with Crippen molar-refractivity contribution in [1.29, 1.82) is 0 Å². The van der Waals surface area contributed by atoms with Crippen molar-refractivity contribution in [2.75, 3.05) is 11.9 Å². The molecule has 0 aliphatic heterocycles. The molecule has 0 saturated heterocycles. The summed E-state index contributed by atoms with van der Waals surface area (Å²) in [7, 11) is 1.96. The van der Waals surface area contributed by atoms with Crippen molar-refractivity contribution in [2.24, 2.45) is 5.73 Å². The minimum atomic E-state index is 0.560. The van der Waals surface area contributed by atoms with Crippen LogP contribution in [0.1, 0.15) is 17.0 Å². The quantitative estimate of drug-likeness (QED) is 0.897. The molecule has 2 N–H and O–H groups in total. The maximum Gasteiger partial charge on any atom is 0.230 e. The summed E-state index contributed by atoms with van der Waals surface area (Å²) in [5.74, 6) is 0.716. The van der Waals surface area contributed by atoms with Gasteiger partial charge >= 0.3 is 0 Å². The highest BCUT2D eigenvalue weighted by Crippen LogP contribution is 2.20. The van der Waals surface area contributed by atoms with Gasteiger partial charge in [0.25, 0.3) is 0 Å². The van der Waals surface area contributed by atoms with E-state index in [0.717, 1.165) is 22.6 Å². The third kappa shape index (κ3) is 2.65. The second kappa shape index (κ2) is 5.14. The van der Waals surface area contributed by atoms with Gasteiger partial charge in [0.1, 0.15) is 0 Å². The lowest BCUT2D eigenvalue weighted by atomic mass is 10.2. The molecule has 0 amide bonds. The maximum atomic E-state index is 5.59. The molecule has 4 heteroatoms. The van der Waals surface area contributed by atoms with Gasteiger partial charge in [0, 0.05) is 30.7 Å². The Bertz CT molecular complexity index is 514. The van der Waals surface area contributed by atoms with Crippen LogP contribution >= 0.6 is 0 Å². The molecule has 2 rings (SSSR count). The van der Waals surface area contributed by atoms with E-state index in [1.165, 1.54) is 0 Å². The standard InChI is InChI=1S/C14H18N4/c1-10-8-11(2)17-14(16-10)18(3)13-6-4-12(9-15)5-7-13/h4-8H,9,15H2,1-3H3. The normalized spacial score (nSPS) is 10.4. The van der Waals surface area contributed by atoms with E-state index in [-0.39, 0.29) is 0 Å². The largest absolute Gasteiger partial charge is 0.326 e. The molecule has 2 aromatic rings. The molecule has 0 radical (unpaired) electrons. The molecular formula is C14H18N4. The van der Waals surface area contributed by atoms with Crippen molar-refractivity contribution in [1.82, 2.24) is 9.97 Å². The van der Waals surface area contributed by atoms with Gasteiger partial charge in [-0.1, -0.05) is 12.1 Å². The molecule has 0 fully saturated rings. The van der Waals surface area contributed by atoms with Crippen LogP contribution in [0.15, 0.2) is 30.3 Å². The predicted octanol–water partition coefficient (Wildman–Crippen LogP) is 2.32. The molecule has 0 atom stereocenters. The zero-order valence-electron chi connectivity index (χ0n) is 11.0. The molecule has 4 nitrogen and oxygen atoms in total. The minimum Gasteiger partial charge on any atom is -0.326 e. The van der Waals surface area contributed by atoms with Crippen LogP contribution in [0, 0.1) is 13.8 Å². The number of nitrogens with zero attached hydrogens (tertiary/aromatic N) is 3. The Morgan fingerprint density at radius 1 is 1.06 bits per heavy atom. The minimum absolute atomic E-state index is 0.560. The Kier molecular flexibility index (Phi) is 3.58. The topological polar surface area (TPSA) is 55.0 Å². The van der Waals surface area contributed by atoms with Crippen molar-refractivity contribution in [3.8, 4) is 0 Å². The molecule has 94 valence electrons. The van der Waals surface area contributed by atoms with E-state index in [0.29, 0.717) is 12.5 Å². The Balaban J connectivity index is 2.31. The van der Waals surface area contributed by atoms with E-state index < -0.39 is 0 Å². The van der Waals surface area contributed by atoms with Gasteiger partial charge in [-0.15, -0.1) is 0 Å². The number of benzene rings is 1. The Hall–Kier alpha value is -1.94. The van der Waals surface area contributed by atoms with E-state index in [1.807, 2.05) is 56.1 Å². The van der Waals surface area contributed by atoms with Gasteiger partial charge in [-0.3, -0.25) is 0 Å². The summed E-state index contributed by atoms with van der Waals surface area (Å²) in [5, 5.41) is 0. The van der Waals surface area contributed by atoms with Crippen molar-refractivity contribution in [3.05, 3.63) is 47.3 Å². The highest BCUT2D eigenvalue weighted by atomic mass is 15.2. The van der Waals surface area contributed by atoms with Crippen LogP contribution in [0.4, 0.5) is 11.6 Å². The van der Waals surface area contributed by atoms with E-state index in [9.17, 15) is 0 Å². The van der Waals surface area contributed by atoms with Crippen molar-refractivity contribution in [2.45, 2.75) is 20.4 Å². The zero-order valence-corrected chi connectivity index (χ0v) is 11.0. The second-order valence-electron chi connectivity index (χ2n) is 4.38. The van der Waals surface area contributed by atoms with E-state index in [2.05, 4.69) is 9.97 Å². The van der Waals surface area contributed by atoms with E-state index >= 15 is 0 Å². The molecule has 0 aliphatic carbocycles. The molecular weight excluding hydrogens is 224 g/mol. The maximum absolute atomic E-state index is 5.59. The van der Waals surface area contributed by atoms with Crippen molar-refractivity contribution in [3.63, 3.8) is 0 Å². The fourth-order valence-corrected chi connectivity index (χ4v) is 1.83. The summed E-state index contributed by atoms with van der Waals surface area (Å²) < 4.78 is 0. The first kappa shape index (κ1) is 12.5. The fourth-order valence-electron chi connectivity index (χ4n) is 1.83. The molecule has 1 heterocycles. The van der Waals surface area contributed by atoms with Crippen LogP contribution in [-0.4, -0.2) is 17.0 Å². The lowest BCUT2D eigenvalue weighted by molar-refractivity contribution is 0.984. The number of aryl methyl sites for hydroxylation is 2. The van der Waals surface area contributed by atoms with Crippen LogP contribution in [-0.2, 0) is 6.54 Å². The summed E-state index contributed by atoms with van der Waals surface area (Å²) in [6.45, 7) is 4.51. The summed E-state index contributed by atoms with van der Waals surface area (Å²) in [4.78, 5) is 10.9. The average Bonchev–Trinajstić information content (AvgIpc) is 2.37. The number of hydrogen-bond acceptors (Lipinski definition) is 4. The van der Waals surface area contributed by atoms with Crippen LogP contribution in [0.2, 0.25) is 0 Å². The molecule has 18 heavy (non-hydrogen) atoms. The number of nitrogens with two attached hydrogens (primary N) is 1. The van der Waals surface area contributed by atoms with Crippen molar-refractivity contribution < 1.29 is 0 Å². The first-order chi connectivity index (χ1) is 8.60. The van der Waals surface area contributed by atoms with Gasteiger partial charge in [0.15, 0.2) is 0 Å². The third-order valence-corrected chi connectivity index (χ3v) is 2.83. The number of rotatable bonds is 3. The number of aromatic nitrogens is 2. The van der Waals surface area contributed by atoms with Gasteiger partial charge < -0.3 is 10.6 Å². The van der Waals surface area contributed by atoms with Crippen LogP contribution in [0.3, 0.4) is 0 Å². The molecule has 0 bridgehead atoms. The van der Waals surface area contributed by atoms with Crippen LogP contribution in [0.5, 0.6) is 0 Å². The second-order valence-corrected chi connectivity index (χ2v) is 4.38. The fraction of sp³-hybridized carbons (Fsp3) is 0.286. The SMILES string of the molecule is Cc1cc(C)nc(N(C)c2ccc(CN)cc2)n1. The molecule has 1 aromatic heterocycles. The molecule has 0 spiro atoms. The summed E-state index contributed by atoms with van der Waals surface area (Å²) >= 11 is 0. The summed E-state index contributed by atoms with van der Waals surface area (Å²) in [5.41, 5.74) is 9.71. The Morgan fingerprint density at radius 3 is 2.11 bits per heavy atom.